The number of aliphatic hydroxyl groups excluding tert-OH is 1. The van der Waals surface area contributed by atoms with Gasteiger partial charge in [0.1, 0.15) is 12.3 Å². The monoisotopic (exact) mass is 608 g/mol. The molecule has 0 radical (unpaired) electrons. The van der Waals surface area contributed by atoms with E-state index >= 15 is 0 Å². The molecule has 16 nitrogen and oxygen atoms in total. The van der Waals surface area contributed by atoms with Crippen LogP contribution in [0.25, 0.3) is 10.8 Å². The van der Waals surface area contributed by atoms with Crippen LogP contribution >= 0.6 is 23.5 Å². The topological polar surface area (TPSA) is 233 Å². The number of fused-ring (bicyclic) bond motifs is 1. The zero-order valence-electron chi connectivity index (χ0n) is 19.7. The molecule has 1 fully saturated rings. The number of phosphoric acid groups is 3. The summed E-state index contributed by atoms with van der Waals surface area (Å²) >= 11 is 0. The minimum atomic E-state index is -5.70. The number of rotatable bonds is 11. The van der Waals surface area contributed by atoms with Crippen LogP contribution in [0.4, 0.5) is 0 Å². The number of aromatic amines is 1. The van der Waals surface area contributed by atoms with E-state index in [1.807, 2.05) is 17.1 Å². The van der Waals surface area contributed by atoms with Crippen molar-refractivity contribution in [3.8, 4) is 0 Å². The highest BCUT2D eigenvalue weighted by Crippen LogP contribution is 2.67. The van der Waals surface area contributed by atoms with E-state index in [4.69, 9.17) is 9.26 Å². The highest BCUT2D eigenvalue weighted by molar-refractivity contribution is 7.66. The number of H-pyrrole nitrogens is 1. The van der Waals surface area contributed by atoms with Crippen LogP contribution in [0.2, 0.25) is 0 Å². The molecular formula is C20H23N2O14P3. The zero-order chi connectivity index (χ0) is 28.4. The fourth-order valence-corrected chi connectivity index (χ4v) is 7.16. The van der Waals surface area contributed by atoms with Crippen LogP contribution in [0.5, 0.6) is 0 Å². The molecule has 5 N–H and O–H groups in total. The van der Waals surface area contributed by atoms with Gasteiger partial charge in [-0.2, -0.15) is 8.62 Å². The number of aliphatic hydroxyl groups is 1. The van der Waals surface area contributed by atoms with Crippen molar-refractivity contribution in [3.05, 3.63) is 81.1 Å². The molecule has 6 atom stereocenters. The Morgan fingerprint density at radius 3 is 2.28 bits per heavy atom. The lowest BCUT2D eigenvalue weighted by atomic mass is 10.1. The summed E-state index contributed by atoms with van der Waals surface area (Å²) in [6.45, 7) is -1.37. The Hall–Kier alpha value is -2.29. The van der Waals surface area contributed by atoms with Crippen molar-refractivity contribution in [2.24, 2.45) is 0 Å². The van der Waals surface area contributed by atoms with Gasteiger partial charge in [0.25, 0.3) is 5.56 Å². The molecule has 0 spiro atoms. The average Bonchev–Trinajstić information content (AvgIpc) is 3.20. The number of phosphoric ester groups is 2. The second kappa shape index (κ2) is 11.7. The molecule has 3 aromatic rings. The fourth-order valence-electron chi connectivity index (χ4n) is 3.67. The summed E-state index contributed by atoms with van der Waals surface area (Å²) in [6, 6.07) is 13.3. The maximum atomic E-state index is 12.2. The van der Waals surface area contributed by atoms with E-state index in [-0.39, 0.29) is 6.42 Å². The number of nitrogens with zero attached hydrogens (tertiary/aromatic N) is 1. The van der Waals surface area contributed by atoms with Gasteiger partial charge in [-0.3, -0.25) is 23.4 Å². The van der Waals surface area contributed by atoms with Crippen molar-refractivity contribution in [3.63, 3.8) is 0 Å². The second-order valence-corrected chi connectivity index (χ2v) is 12.9. The summed E-state index contributed by atoms with van der Waals surface area (Å²) in [6.07, 6.45) is -2.72. The SMILES string of the molecule is O=c1ccn([C@H]2C[C@@H](O)[C@@H](COP(=O)(O)OP(=O)(O)OP(=O)(O)OCc3ccc4ccccc4c3)O2)c(=O)[nH]1. The Kier molecular flexibility index (Phi) is 8.89. The van der Waals surface area contributed by atoms with E-state index in [0.717, 1.165) is 27.6 Å². The molecule has 1 aromatic heterocycles. The molecule has 4 rings (SSSR count). The molecular weight excluding hydrogens is 585 g/mol. The highest BCUT2D eigenvalue weighted by Gasteiger charge is 2.44. The number of aromatic nitrogens is 2. The van der Waals surface area contributed by atoms with Crippen LogP contribution < -0.4 is 11.2 Å². The first-order chi connectivity index (χ1) is 18.2. The van der Waals surface area contributed by atoms with Gasteiger partial charge in [0.2, 0.25) is 0 Å². The molecule has 0 saturated carbocycles. The molecule has 1 aliphatic heterocycles. The van der Waals surface area contributed by atoms with E-state index in [1.165, 1.54) is 0 Å². The lowest BCUT2D eigenvalue weighted by molar-refractivity contribution is -0.0450. The van der Waals surface area contributed by atoms with Gasteiger partial charge in [-0.1, -0.05) is 36.4 Å². The largest absolute Gasteiger partial charge is 0.490 e. The van der Waals surface area contributed by atoms with E-state index in [0.29, 0.717) is 5.56 Å². The lowest BCUT2D eigenvalue weighted by Crippen LogP contribution is -2.31. The van der Waals surface area contributed by atoms with Gasteiger partial charge in [-0.15, -0.1) is 0 Å². The molecule has 1 aliphatic rings. The van der Waals surface area contributed by atoms with Crippen LogP contribution in [-0.4, -0.2) is 48.2 Å². The van der Waals surface area contributed by atoms with Crippen molar-refractivity contribution < 1.29 is 55.9 Å². The predicted molar refractivity (Wildman–Crippen MR) is 132 cm³/mol. The van der Waals surface area contributed by atoms with Gasteiger partial charge < -0.3 is 24.5 Å². The normalized spacial score (nSPS) is 24.2. The average molecular weight is 608 g/mol. The lowest BCUT2D eigenvalue weighted by Gasteiger charge is -2.20. The van der Waals surface area contributed by atoms with Crippen LogP contribution in [0.3, 0.4) is 0 Å². The molecule has 2 heterocycles. The van der Waals surface area contributed by atoms with E-state index in [9.17, 15) is 43.1 Å². The minimum Gasteiger partial charge on any atom is -0.390 e. The Bertz CT molecular complexity index is 1610. The molecule has 19 heteroatoms. The first kappa shape index (κ1) is 29.7. The van der Waals surface area contributed by atoms with Crippen LogP contribution in [0.15, 0.2) is 64.3 Å². The van der Waals surface area contributed by atoms with E-state index in [2.05, 4.69) is 13.1 Å². The van der Waals surface area contributed by atoms with Crippen molar-refractivity contribution in [1.82, 2.24) is 9.55 Å². The van der Waals surface area contributed by atoms with Crippen molar-refractivity contribution >= 4 is 34.2 Å². The highest BCUT2D eigenvalue weighted by atomic mass is 31.3. The van der Waals surface area contributed by atoms with Gasteiger partial charge in [0.15, 0.2) is 0 Å². The van der Waals surface area contributed by atoms with Gasteiger partial charge in [-0.05, 0) is 22.4 Å². The van der Waals surface area contributed by atoms with Crippen LogP contribution in [0.1, 0.15) is 18.2 Å². The van der Waals surface area contributed by atoms with Crippen molar-refractivity contribution in [2.45, 2.75) is 31.5 Å². The zero-order valence-corrected chi connectivity index (χ0v) is 22.4. The van der Waals surface area contributed by atoms with Gasteiger partial charge >= 0.3 is 29.2 Å². The molecule has 2 aromatic carbocycles. The second-order valence-electron chi connectivity index (χ2n) is 8.27. The van der Waals surface area contributed by atoms with Crippen LogP contribution in [-0.2, 0) is 42.7 Å². The number of benzene rings is 2. The summed E-state index contributed by atoms with van der Waals surface area (Å²) in [4.78, 5) is 54.5. The van der Waals surface area contributed by atoms with Gasteiger partial charge in [-0.25, -0.2) is 18.5 Å². The quantitative estimate of drug-likeness (QED) is 0.196. The first-order valence-electron chi connectivity index (χ1n) is 11.0. The smallest absolute Gasteiger partial charge is 0.390 e. The maximum Gasteiger partial charge on any atom is 0.490 e. The van der Waals surface area contributed by atoms with E-state index < -0.39 is 66.4 Å². The molecule has 0 aliphatic carbocycles. The third-order valence-electron chi connectivity index (χ3n) is 5.39. The van der Waals surface area contributed by atoms with Crippen LogP contribution in [0, 0.1) is 0 Å². The molecule has 0 amide bonds. The number of hydrogen-bond donors (Lipinski definition) is 5. The Morgan fingerprint density at radius 2 is 1.59 bits per heavy atom. The Labute approximate surface area is 219 Å². The number of ether oxygens (including phenoxy) is 1. The summed E-state index contributed by atoms with van der Waals surface area (Å²) in [7, 11) is -16.4. The third-order valence-corrected chi connectivity index (χ3v) is 9.62. The third kappa shape index (κ3) is 8.12. The van der Waals surface area contributed by atoms with Crippen molar-refractivity contribution in [1.29, 1.82) is 0 Å². The first-order valence-corrected chi connectivity index (χ1v) is 15.5. The van der Waals surface area contributed by atoms with Gasteiger partial charge in [0, 0.05) is 18.7 Å². The number of nitrogens with one attached hydrogen (secondary N) is 1. The Morgan fingerprint density at radius 1 is 0.923 bits per heavy atom. The molecule has 3 unspecified atom stereocenters. The summed E-state index contributed by atoms with van der Waals surface area (Å²) in [5, 5.41) is 11.8. The standard InChI is InChI=1S/C20H23N2O14P3/c23-16-10-19(22-8-7-18(24)21-20(22)25)34-17(16)12-33-38(28,29)36-39(30,31)35-37(26,27)32-11-13-5-6-14-3-1-2-4-15(14)9-13/h1-9,16-17,19,23H,10-12H2,(H,26,27)(H,28,29)(H,30,31)(H,21,24,25)/t16-,17-,19-/m1/s1. The van der Waals surface area contributed by atoms with E-state index in [1.54, 1.807) is 30.3 Å². The molecule has 39 heavy (non-hydrogen) atoms. The minimum absolute atomic E-state index is 0.166. The molecule has 0 bridgehead atoms. The molecule has 1 saturated heterocycles. The van der Waals surface area contributed by atoms with Gasteiger partial charge in [0.05, 0.1) is 19.3 Å². The fraction of sp³-hybridized carbons (Fsp3) is 0.300. The Balaban J connectivity index is 1.30. The van der Waals surface area contributed by atoms with Crippen molar-refractivity contribution in [2.75, 3.05) is 6.61 Å². The summed E-state index contributed by atoms with van der Waals surface area (Å²) < 4.78 is 60.2. The summed E-state index contributed by atoms with van der Waals surface area (Å²) in [5.41, 5.74) is -1.06. The predicted octanol–water partition coefficient (Wildman–Crippen LogP) is 1.91. The number of hydrogen-bond acceptors (Lipinski definition) is 11. The maximum absolute atomic E-state index is 12.2. The molecule has 212 valence electrons. The summed E-state index contributed by atoms with van der Waals surface area (Å²) in [5.74, 6) is 0.